The van der Waals surface area contributed by atoms with Crippen molar-refractivity contribution in [3.05, 3.63) is 21.3 Å². The zero-order chi connectivity index (χ0) is 10.0. The van der Waals surface area contributed by atoms with E-state index >= 15 is 0 Å². The third kappa shape index (κ3) is 1.90. The van der Waals surface area contributed by atoms with Crippen LogP contribution in [0, 0.1) is 0 Å². The quantitative estimate of drug-likeness (QED) is 0.532. The Labute approximate surface area is 77.7 Å². The number of hydrogen-bond acceptors (Lipinski definition) is 3. The zero-order valence-electron chi connectivity index (χ0n) is 6.50. The van der Waals surface area contributed by atoms with Gasteiger partial charge in [-0.3, -0.25) is 9.78 Å². The highest BCUT2D eigenvalue weighted by atomic mass is 35.5. The van der Waals surface area contributed by atoms with Gasteiger partial charge in [-0.15, -0.1) is 0 Å². The van der Waals surface area contributed by atoms with Crippen LogP contribution in [-0.2, 0) is 4.79 Å². The second-order valence-electron chi connectivity index (χ2n) is 2.43. The molecule has 7 heteroatoms. The van der Waals surface area contributed by atoms with Gasteiger partial charge in [-0.05, 0) is 0 Å². The molecule has 0 aliphatic heterocycles. The lowest BCUT2D eigenvalue weighted by molar-refractivity contribution is -0.138. The van der Waals surface area contributed by atoms with Gasteiger partial charge in [0.25, 0.3) is 0 Å². The molecule has 0 radical (unpaired) electrons. The van der Waals surface area contributed by atoms with Crippen LogP contribution in [0.15, 0.2) is 4.79 Å². The predicted octanol–water partition coefficient (Wildman–Crippen LogP) is -0.517. The minimum absolute atomic E-state index is 0.0112. The molecule has 0 saturated heterocycles. The van der Waals surface area contributed by atoms with Crippen molar-refractivity contribution in [1.29, 1.82) is 0 Å². The maximum Gasteiger partial charge on any atom is 0.324 e. The molecule has 1 rings (SSSR count). The van der Waals surface area contributed by atoms with Crippen LogP contribution in [0.25, 0.3) is 0 Å². The summed E-state index contributed by atoms with van der Waals surface area (Å²) in [5.41, 5.74) is 4.78. The number of aliphatic carboxylic acids is 1. The molecule has 0 aromatic carbocycles. The molecule has 72 valence electrons. The number of carboxylic acids is 1. The number of aromatic amines is 2. The van der Waals surface area contributed by atoms with Gasteiger partial charge in [0.05, 0.1) is 5.69 Å². The van der Waals surface area contributed by atoms with E-state index in [-0.39, 0.29) is 17.4 Å². The van der Waals surface area contributed by atoms with Gasteiger partial charge in [0.15, 0.2) is 0 Å². The fourth-order valence-electron chi connectivity index (χ4n) is 0.958. The van der Waals surface area contributed by atoms with Gasteiger partial charge in [-0.25, -0.2) is 4.79 Å². The van der Waals surface area contributed by atoms with Crippen molar-refractivity contribution in [3.8, 4) is 0 Å². The number of nitrogens with one attached hydrogen (secondary N) is 2. The number of rotatable bonds is 3. The highest BCUT2D eigenvalue weighted by Crippen LogP contribution is 2.18. The minimum Gasteiger partial charge on any atom is -0.481 e. The normalized spacial score (nSPS) is 12.8. The van der Waals surface area contributed by atoms with Crippen molar-refractivity contribution in [2.75, 3.05) is 6.54 Å². The van der Waals surface area contributed by atoms with Crippen molar-refractivity contribution < 1.29 is 9.90 Å². The molecule has 0 fully saturated rings. The summed E-state index contributed by atoms with van der Waals surface area (Å²) < 4.78 is 0. The summed E-state index contributed by atoms with van der Waals surface area (Å²) in [7, 11) is 0. The molecule has 1 aromatic heterocycles. The molecule has 1 unspecified atom stereocenters. The van der Waals surface area contributed by atoms with Gasteiger partial charge < -0.3 is 15.8 Å². The van der Waals surface area contributed by atoms with E-state index in [4.69, 9.17) is 22.4 Å². The van der Waals surface area contributed by atoms with E-state index in [1.165, 1.54) is 0 Å². The maximum absolute atomic E-state index is 10.7. The molecule has 0 aliphatic rings. The van der Waals surface area contributed by atoms with E-state index in [0.717, 1.165) is 0 Å². The lowest BCUT2D eigenvalue weighted by Crippen LogP contribution is -2.22. The Morgan fingerprint density at radius 2 is 2.23 bits per heavy atom. The van der Waals surface area contributed by atoms with Crippen LogP contribution in [0.3, 0.4) is 0 Å². The largest absolute Gasteiger partial charge is 0.481 e. The number of nitrogens with two attached hydrogens (primary N) is 1. The van der Waals surface area contributed by atoms with Crippen molar-refractivity contribution in [2.24, 2.45) is 5.73 Å². The van der Waals surface area contributed by atoms with E-state index < -0.39 is 17.6 Å². The van der Waals surface area contributed by atoms with Gasteiger partial charge in [0.1, 0.15) is 11.1 Å². The highest BCUT2D eigenvalue weighted by molar-refractivity contribution is 6.30. The Morgan fingerprint density at radius 3 is 2.54 bits per heavy atom. The Morgan fingerprint density at radius 1 is 1.62 bits per heavy atom. The molecule has 0 saturated carbocycles. The standard InChI is InChI=1S/C6H8ClN3O3/c7-4-3(9-6(13)10-4)2(1-8)5(11)12/h2H,1,8H2,(H,11,12)(H2,9,10,13). The summed E-state index contributed by atoms with van der Waals surface area (Å²) in [5.74, 6) is -2.11. The van der Waals surface area contributed by atoms with Crippen LogP contribution < -0.4 is 11.4 Å². The fourth-order valence-corrected chi connectivity index (χ4v) is 1.22. The summed E-state index contributed by atoms with van der Waals surface area (Å²) in [6.07, 6.45) is 0. The summed E-state index contributed by atoms with van der Waals surface area (Å²) >= 11 is 5.56. The molecule has 5 N–H and O–H groups in total. The van der Waals surface area contributed by atoms with E-state index in [2.05, 4.69) is 9.97 Å². The van der Waals surface area contributed by atoms with Gasteiger partial charge in [-0.1, -0.05) is 11.6 Å². The Bertz CT molecular complexity index is 369. The number of aromatic nitrogens is 2. The Kier molecular flexibility index (Phi) is 2.74. The highest BCUT2D eigenvalue weighted by Gasteiger charge is 2.22. The SMILES string of the molecule is NCC(C(=O)O)c1[nH]c(=O)[nH]c1Cl. The lowest BCUT2D eigenvalue weighted by atomic mass is 10.1. The minimum atomic E-state index is -1.13. The number of imidazole rings is 1. The van der Waals surface area contributed by atoms with Crippen LogP contribution in [0.4, 0.5) is 0 Å². The molecule has 0 aliphatic carbocycles. The summed E-state index contributed by atoms with van der Waals surface area (Å²) in [6, 6.07) is 0. The zero-order valence-corrected chi connectivity index (χ0v) is 7.26. The van der Waals surface area contributed by atoms with Crippen LogP contribution in [-0.4, -0.2) is 27.6 Å². The van der Waals surface area contributed by atoms with E-state index in [9.17, 15) is 9.59 Å². The number of hydrogen-bond donors (Lipinski definition) is 4. The van der Waals surface area contributed by atoms with Gasteiger partial charge >= 0.3 is 11.7 Å². The summed E-state index contributed by atoms with van der Waals surface area (Å²) in [4.78, 5) is 25.8. The second kappa shape index (κ2) is 3.63. The topological polar surface area (TPSA) is 112 Å². The predicted molar refractivity (Wildman–Crippen MR) is 45.9 cm³/mol. The molecular formula is C6H8ClN3O3. The van der Waals surface area contributed by atoms with Crippen molar-refractivity contribution >= 4 is 17.6 Å². The number of carbonyl (C=O) groups is 1. The fraction of sp³-hybridized carbons (Fsp3) is 0.333. The Balaban J connectivity index is 3.11. The molecule has 1 aromatic rings. The van der Waals surface area contributed by atoms with E-state index in [1.807, 2.05) is 0 Å². The van der Waals surface area contributed by atoms with Gasteiger partial charge in [0, 0.05) is 6.54 Å². The first-order valence-corrected chi connectivity index (χ1v) is 3.84. The van der Waals surface area contributed by atoms with Crippen LogP contribution in [0.5, 0.6) is 0 Å². The summed E-state index contributed by atoms with van der Waals surface area (Å²) in [6.45, 7) is -0.122. The first-order chi connectivity index (χ1) is 6.06. The molecule has 0 spiro atoms. The molecule has 0 bridgehead atoms. The Hall–Kier alpha value is -1.27. The second-order valence-corrected chi connectivity index (χ2v) is 2.81. The van der Waals surface area contributed by atoms with Crippen molar-refractivity contribution in [1.82, 2.24) is 9.97 Å². The average Bonchev–Trinajstić information content (AvgIpc) is 2.31. The van der Waals surface area contributed by atoms with E-state index in [1.54, 1.807) is 0 Å². The van der Waals surface area contributed by atoms with Crippen molar-refractivity contribution in [3.63, 3.8) is 0 Å². The number of halogens is 1. The molecule has 1 heterocycles. The summed E-state index contributed by atoms with van der Waals surface area (Å²) in [5, 5.41) is 8.67. The molecule has 13 heavy (non-hydrogen) atoms. The molecule has 1 atom stereocenters. The number of carboxylic acid groups (broad SMARTS) is 1. The number of H-pyrrole nitrogens is 2. The average molecular weight is 206 g/mol. The third-order valence-corrected chi connectivity index (χ3v) is 1.89. The molecule has 6 nitrogen and oxygen atoms in total. The lowest BCUT2D eigenvalue weighted by Gasteiger charge is -2.06. The van der Waals surface area contributed by atoms with Crippen LogP contribution >= 0.6 is 11.6 Å². The van der Waals surface area contributed by atoms with Crippen molar-refractivity contribution in [2.45, 2.75) is 5.92 Å². The maximum atomic E-state index is 10.7. The van der Waals surface area contributed by atoms with Gasteiger partial charge in [-0.2, -0.15) is 0 Å². The van der Waals surface area contributed by atoms with E-state index in [0.29, 0.717) is 0 Å². The van der Waals surface area contributed by atoms with Crippen LogP contribution in [0.2, 0.25) is 5.15 Å². The molecular weight excluding hydrogens is 198 g/mol. The monoisotopic (exact) mass is 205 g/mol. The van der Waals surface area contributed by atoms with Crippen LogP contribution in [0.1, 0.15) is 11.6 Å². The third-order valence-electron chi connectivity index (χ3n) is 1.59. The first-order valence-electron chi connectivity index (χ1n) is 3.46. The smallest absolute Gasteiger partial charge is 0.324 e. The first kappa shape index (κ1) is 9.82. The molecule has 0 amide bonds. The van der Waals surface area contributed by atoms with Gasteiger partial charge in [0.2, 0.25) is 0 Å².